The number of carbonyl (C=O) groups is 1. The molecular formula is C29H47F2N3O4. The van der Waals surface area contributed by atoms with Crippen LogP contribution >= 0.6 is 0 Å². The number of ether oxygens (including phenoxy) is 2. The minimum absolute atomic E-state index is 0.00874. The van der Waals surface area contributed by atoms with Crippen molar-refractivity contribution in [3.05, 3.63) is 35.4 Å². The van der Waals surface area contributed by atoms with Crippen molar-refractivity contribution in [2.45, 2.75) is 82.0 Å². The van der Waals surface area contributed by atoms with Gasteiger partial charge in [0, 0.05) is 58.0 Å². The predicted octanol–water partition coefficient (Wildman–Crippen LogP) is 4.57. The zero-order valence-corrected chi connectivity index (χ0v) is 23.3. The van der Waals surface area contributed by atoms with E-state index in [2.05, 4.69) is 10.6 Å². The molecule has 1 aromatic rings. The molecule has 7 nitrogen and oxygen atoms in total. The first-order valence-corrected chi connectivity index (χ1v) is 14.2. The van der Waals surface area contributed by atoms with Crippen molar-refractivity contribution in [1.82, 2.24) is 15.5 Å². The number of nitrogens with one attached hydrogen (secondary N) is 2. The number of methoxy groups -OCH3 is 2. The van der Waals surface area contributed by atoms with Crippen LogP contribution in [0.4, 0.5) is 13.6 Å². The zero-order valence-electron chi connectivity index (χ0n) is 23.3. The summed E-state index contributed by atoms with van der Waals surface area (Å²) in [6.07, 6.45) is 8.40. The predicted molar refractivity (Wildman–Crippen MR) is 144 cm³/mol. The van der Waals surface area contributed by atoms with Gasteiger partial charge in [0.15, 0.2) is 11.6 Å². The van der Waals surface area contributed by atoms with Crippen LogP contribution in [0.25, 0.3) is 0 Å². The van der Waals surface area contributed by atoms with Gasteiger partial charge in [-0.1, -0.05) is 12.1 Å². The number of rotatable bonds is 13. The van der Waals surface area contributed by atoms with Gasteiger partial charge < -0.3 is 30.1 Å². The Morgan fingerprint density at radius 2 is 1.95 bits per heavy atom. The number of nitrogens with zero attached hydrogens (tertiary/aromatic N) is 1. The summed E-state index contributed by atoms with van der Waals surface area (Å²) in [5.74, 6) is -1.85. The first kappa shape index (κ1) is 30.7. The van der Waals surface area contributed by atoms with Crippen LogP contribution < -0.4 is 10.6 Å². The fraction of sp³-hybridized carbons (Fsp3) is 0.759. The van der Waals surface area contributed by atoms with Crippen molar-refractivity contribution in [3.63, 3.8) is 0 Å². The lowest BCUT2D eigenvalue weighted by Gasteiger charge is -2.43. The Labute approximate surface area is 226 Å². The maximum absolute atomic E-state index is 14.9. The van der Waals surface area contributed by atoms with Crippen molar-refractivity contribution in [1.29, 1.82) is 0 Å². The van der Waals surface area contributed by atoms with Gasteiger partial charge in [0.2, 0.25) is 0 Å². The molecule has 0 aromatic heterocycles. The zero-order chi connectivity index (χ0) is 27.5. The van der Waals surface area contributed by atoms with E-state index in [1.807, 2.05) is 7.05 Å². The average molecular weight is 540 g/mol. The molecule has 216 valence electrons. The molecule has 0 bridgehead atoms. The van der Waals surface area contributed by atoms with Crippen molar-refractivity contribution >= 4 is 6.03 Å². The maximum atomic E-state index is 14.9. The molecule has 1 saturated heterocycles. The molecule has 0 radical (unpaired) electrons. The Balaban J connectivity index is 1.69. The number of halogens is 2. The van der Waals surface area contributed by atoms with Crippen LogP contribution in [0.1, 0.15) is 69.8 Å². The molecule has 3 atom stereocenters. The summed E-state index contributed by atoms with van der Waals surface area (Å²) in [5.41, 5.74) is -1.61. The largest absolute Gasteiger partial charge is 0.385 e. The summed E-state index contributed by atoms with van der Waals surface area (Å²) in [7, 11) is 5.27. The SMILES string of the molecule is CNC[C@H](C[C@H]1CC[C@H](OC)CC1)NC(=O)N1CCC[C@@H]([C@@](O)(CCCCOC)c2cccc(F)c2F)C1. The second-order valence-corrected chi connectivity index (χ2v) is 11.1. The minimum Gasteiger partial charge on any atom is -0.385 e. The average Bonchev–Trinajstić information content (AvgIpc) is 2.93. The van der Waals surface area contributed by atoms with Crippen LogP contribution in [0, 0.1) is 23.5 Å². The number of amides is 2. The van der Waals surface area contributed by atoms with Gasteiger partial charge in [-0.05, 0) is 83.2 Å². The Morgan fingerprint density at radius 3 is 2.63 bits per heavy atom. The molecule has 3 N–H and O–H groups in total. The molecule has 1 aliphatic heterocycles. The molecular weight excluding hydrogens is 492 g/mol. The Bertz CT molecular complexity index is 868. The molecule has 1 aliphatic carbocycles. The summed E-state index contributed by atoms with van der Waals surface area (Å²) in [6.45, 7) is 2.05. The summed E-state index contributed by atoms with van der Waals surface area (Å²) < 4.78 is 39.8. The third-order valence-electron chi connectivity index (χ3n) is 8.48. The normalized spacial score (nSPS) is 24.6. The van der Waals surface area contributed by atoms with Gasteiger partial charge in [0.05, 0.1) is 11.7 Å². The number of benzene rings is 1. The van der Waals surface area contributed by atoms with E-state index >= 15 is 0 Å². The Morgan fingerprint density at radius 1 is 1.18 bits per heavy atom. The molecule has 1 saturated carbocycles. The first-order valence-electron chi connectivity index (χ1n) is 14.2. The van der Waals surface area contributed by atoms with E-state index in [9.17, 15) is 18.7 Å². The van der Waals surface area contributed by atoms with Gasteiger partial charge in [-0.15, -0.1) is 0 Å². The van der Waals surface area contributed by atoms with Gasteiger partial charge in [-0.2, -0.15) is 0 Å². The van der Waals surface area contributed by atoms with Crippen molar-refractivity contribution in [3.8, 4) is 0 Å². The van der Waals surface area contributed by atoms with Gasteiger partial charge in [0.1, 0.15) is 0 Å². The highest BCUT2D eigenvalue weighted by molar-refractivity contribution is 5.74. The highest BCUT2D eigenvalue weighted by Gasteiger charge is 2.43. The van der Waals surface area contributed by atoms with Crippen molar-refractivity contribution in [2.24, 2.45) is 11.8 Å². The van der Waals surface area contributed by atoms with Crippen molar-refractivity contribution < 1.29 is 28.2 Å². The summed E-state index contributed by atoms with van der Waals surface area (Å²) in [5, 5.41) is 18.3. The van der Waals surface area contributed by atoms with E-state index in [0.717, 1.165) is 38.2 Å². The maximum Gasteiger partial charge on any atom is 0.317 e. The van der Waals surface area contributed by atoms with E-state index in [0.29, 0.717) is 57.4 Å². The van der Waals surface area contributed by atoms with E-state index in [1.54, 1.807) is 19.1 Å². The van der Waals surface area contributed by atoms with Gasteiger partial charge >= 0.3 is 6.03 Å². The van der Waals surface area contributed by atoms with Crippen LogP contribution in [-0.4, -0.2) is 75.7 Å². The van der Waals surface area contributed by atoms with E-state index in [1.165, 1.54) is 12.1 Å². The fourth-order valence-corrected chi connectivity index (χ4v) is 6.30. The van der Waals surface area contributed by atoms with E-state index in [-0.39, 0.29) is 30.6 Å². The molecule has 3 rings (SSSR count). The lowest BCUT2D eigenvalue weighted by molar-refractivity contribution is -0.0591. The van der Waals surface area contributed by atoms with Crippen LogP contribution in [0.2, 0.25) is 0 Å². The van der Waals surface area contributed by atoms with E-state index < -0.39 is 23.2 Å². The molecule has 2 aliphatic rings. The summed E-state index contributed by atoms with van der Waals surface area (Å²) in [4.78, 5) is 15.1. The van der Waals surface area contributed by atoms with E-state index in [4.69, 9.17) is 9.47 Å². The second-order valence-electron chi connectivity index (χ2n) is 11.1. The van der Waals surface area contributed by atoms with Crippen LogP contribution in [0.3, 0.4) is 0 Å². The van der Waals surface area contributed by atoms with Crippen LogP contribution in [-0.2, 0) is 15.1 Å². The molecule has 1 heterocycles. The molecule has 9 heteroatoms. The third-order valence-corrected chi connectivity index (χ3v) is 8.48. The second kappa shape index (κ2) is 15.1. The van der Waals surface area contributed by atoms with Gasteiger partial charge in [-0.3, -0.25) is 0 Å². The van der Waals surface area contributed by atoms with Crippen LogP contribution in [0.5, 0.6) is 0 Å². The number of carbonyl (C=O) groups excluding carboxylic acids is 1. The standard InChI is InChI=1S/C29H47F2N3O4/c1-32-19-23(18-21-11-13-24(38-3)14-12-21)33-28(35)34-16-7-8-22(20-34)29(36,15-4-5-17-37-2)25-9-6-10-26(30)27(25)31/h6,9-10,21-24,32,36H,4-5,7-8,11-20H2,1-3H3,(H,33,35)/t21-,22-,23+,24-,29+/m1/s1. The van der Waals surface area contributed by atoms with Gasteiger partial charge in [-0.25, -0.2) is 13.6 Å². The summed E-state index contributed by atoms with van der Waals surface area (Å²) >= 11 is 0. The third kappa shape index (κ3) is 8.10. The smallest absolute Gasteiger partial charge is 0.317 e. The highest BCUT2D eigenvalue weighted by Crippen LogP contribution is 2.41. The van der Waals surface area contributed by atoms with Gasteiger partial charge in [0.25, 0.3) is 0 Å². The molecule has 0 spiro atoms. The monoisotopic (exact) mass is 539 g/mol. The number of unbranched alkanes of at least 4 members (excludes halogenated alkanes) is 1. The number of hydrogen-bond acceptors (Lipinski definition) is 5. The molecule has 1 aromatic carbocycles. The summed E-state index contributed by atoms with van der Waals surface area (Å²) in [6, 6.07) is 3.79. The Hall–Kier alpha value is -1.81. The number of likely N-dealkylation sites (tertiary alicyclic amines) is 1. The number of urea groups is 1. The molecule has 2 fully saturated rings. The first-order chi connectivity index (χ1) is 18.3. The number of likely N-dealkylation sites (N-methyl/N-ethyl adjacent to an activating group) is 1. The Kier molecular flexibility index (Phi) is 12.2. The number of piperidine rings is 1. The molecule has 2 amide bonds. The minimum atomic E-state index is -1.58. The topological polar surface area (TPSA) is 83.1 Å². The lowest BCUT2D eigenvalue weighted by Crippen LogP contribution is -2.54. The highest BCUT2D eigenvalue weighted by atomic mass is 19.2. The number of hydrogen-bond donors (Lipinski definition) is 3. The number of aliphatic hydroxyl groups is 1. The molecule has 0 unspecified atom stereocenters. The van der Waals surface area contributed by atoms with Crippen molar-refractivity contribution in [2.75, 3.05) is 47.5 Å². The quantitative estimate of drug-likeness (QED) is 0.320. The molecule has 38 heavy (non-hydrogen) atoms. The van der Waals surface area contributed by atoms with Crippen LogP contribution in [0.15, 0.2) is 18.2 Å². The fourth-order valence-electron chi connectivity index (χ4n) is 6.30. The lowest BCUT2D eigenvalue weighted by atomic mass is 9.74.